The van der Waals surface area contributed by atoms with Crippen LogP contribution in [0.5, 0.6) is 0 Å². The fourth-order valence-electron chi connectivity index (χ4n) is 1.69. The summed E-state index contributed by atoms with van der Waals surface area (Å²) in [6.07, 6.45) is 3.84. The quantitative estimate of drug-likeness (QED) is 0.701. The van der Waals surface area contributed by atoms with Crippen molar-refractivity contribution in [1.82, 2.24) is 20.4 Å². The zero-order chi connectivity index (χ0) is 11.5. The summed E-state index contributed by atoms with van der Waals surface area (Å²) >= 11 is 0. The third-order valence-electron chi connectivity index (χ3n) is 2.57. The molecule has 0 saturated carbocycles. The molecular weight excluding hydrogens is 208 g/mol. The van der Waals surface area contributed by atoms with Crippen molar-refractivity contribution in [3.8, 4) is 0 Å². The first-order valence-corrected chi connectivity index (χ1v) is 5.17. The van der Waals surface area contributed by atoms with Gasteiger partial charge in [0.1, 0.15) is 0 Å². The minimum atomic E-state index is -0.232. The molecule has 1 atom stereocenters. The number of nitrogens with one attached hydrogen (secondary N) is 2. The van der Waals surface area contributed by atoms with Gasteiger partial charge in [-0.3, -0.25) is 14.3 Å². The molecule has 1 aliphatic heterocycles. The SMILES string of the molecule is Cn1cc(CNC(=O)C2CNC(=O)C2)cn1. The number of carbonyl (C=O) groups is 2. The van der Waals surface area contributed by atoms with E-state index < -0.39 is 0 Å². The second kappa shape index (κ2) is 4.34. The fourth-order valence-corrected chi connectivity index (χ4v) is 1.69. The van der Waals surface area contributed by atoms with Crippen LogP contribution in [0.15, 0.2) is 12.4 Å². The number of aryl methyl sites for hydroxylation is 1. The molecule has 1 aromatic rings. The first kappa shape index (κ1) is 10.7. The maximum absolute atomic E-state index is 11.6. The molecule has 6 heteroatoms. The minimum absolute atomic E-state index is 0.0541. The summed E-state index contributed by atoms with van der Waals surface area (Å²) in [7, 11) is 1.82. The Balaban J connectivity index is 1.82. The average molecular weight is 222 g/mol. The van der Waals surface area contributed by atoms with Gasteiger partial charge in [0.25, 0.3) is 0 Å². The Kier molecular flexibility index (Phi) is 2.89. The van der Waals surface area contributed by atoms with Crippen LogP contribution in [0.3, 0.4) is 0 Å². The summed E-state index contributed by atoms with van der Waals surface area (Å²) in [5.41, 5.74) is 0.952. The molecule has 1 aliphatic rings. The minimum Gasteiger partial charge on any atom is -0.355 e. The van der Waals surface area contributed by atoms with Crippen LogP contribution >= 0.6 is 0 Å². The predicted molar refractivity (Wildman–Crippen MR) is 56.2 cm³/mol. The molecule has 2 amide bonds. The summed E-state index contributed by atoms with van der Waals surface area (Å²) in [5.74, 6) is -0.368. The van der Waals surface area contributed by atoms with Gasteiger partial charge >= 0.3 is 0 Å². The van der Waals surface area contributed by atoms with E-state index in [9.17, 15) is 9.59 Å². The molecule has 86 valence electrons. The third-order valence-corrected chi connectivity index (χ3v) is 2.57. The second-order valence-electron chi connectivity index (χ2n) is 3.95. The zero-order valence-corrected chi connectivity index (χ0v) is 9.06. The van der Waals surface area contributed by atoms with Gasteiger partial charge in [-0.15, -0.1) is 0 Å². The van der Waals surface area contributed by atoms with Crippen molar-refractivity contribution >= 4 is 11.8 Å². The average Bonchev–Trinajstić information content (AvgIpc) is 2.84. The monoisotopic (exact) mass is 222 g/mol. The lowest BCUT2D eigenvalue weighted by molar-refractivity contribution is -0.126. The molecule has 0 bridgehead atoms. The van der Waals surface area contributed by atoms with Gasteiger partial charge in [-0.1, -0.05) is 0 Å². The first-order valence-electron chi connectivity index (χ1n) is 5.17. The van der Waals surface area contributed by atoms with E-state index in [1.807, 2.05) is 13.2 Å². The molecule has 0 spiro atoms. The smallest absolute Gasteiger partial charge is 0.225 e. The summed E-state index contributed by atoms with van der Waals surface area (Å²) in [5, 5.41) is 9.43. The highest BCUT2D eigenvalue weighted by molar-refractivity contribution is 5.89. The Hall–Kier alpha value is -1.85. The van der Waals surface area contributed by atoms with Crippen LogP contribution < -0.4 is 10.6 Å². The van der Waals surface area contributed by atoms with E-state index in [-0.39, 0.29) is 17.7 Å². The van der Waals surface area contributed by atoms with Gasteiger partial charge in [-0.2, -0.15) is 5.10 Å². The lowest BCUT2D eigenvalue weighted by atomic mass is 10.1. The summed E-state index contributed by atoms with van der Waals surface area (Å²) < 4.78 is 1.68. The molecule has 0 aromatic carbocycles. The van der Waals surface area contributed by atoms with Gasteiger partial charge in [0.15, 0.2) is 0 Å². The predicted octanol–water partition coefficient (Wildman–Crippen LogP) is -0.828. The lowest BCUT2D eigenvalue weighted by Crippen LogP contribution is -2.31. The molecule has 6 nitrogen and oxygen atoms in total. The van der Waals surface area contributed by atoms with E-state index in [0.717, 1.165) is 5.56 Å². The summed E-state index contributed by atoms with van der Waals surface area (Å²) in [6, 6.07) is 0. The highest BCUT2D eigenvalue weighted by atomic mass is 16.2. The number of carbonyl (C=O) groups excluding carboxylic acids is 2. The lowest BCUT2D eigenvalue weighted by Gasteiger charge is -2.07. The molecule has 16 heavy (non-hydrogen) atoms. The van der Waals surface area contributed by atoms with Crippen LogP contribution in [0.25, 0.3) is 0 Å². The molecule has 2 N–H and O–H groups in total. The van der Waals surface area contributed by atoms with Gasteiger partial charge in [-0.25, -0.2) is 0 Å². The van der Waals surface area contributed by atoms with Crippen LogP contribution in [0, 0.1) is 5.92 Å². The van der Waals surface area contributed by atoms with Gasteiger partial charge in [0.2, 0.25) is 11.8 Å². The van der Waals surface area contributed by atoms with Crippen LogP contribution in [-0.2, 0) is 23.2 Å². The van der Waals surface area contributed by atoms with Crippen molar-refractivity contribution in [3.63, 3.8) is 0 Å². The van der Waals surface area contributed by atoms with Crippen molar-refractivity contribution in [2.45, 2.75) is 13.0 Å². The van der Waals surface area contributed by atoms with E-state index in [2.05, 4.69) is 15.7 Å². The van der Waals surface area contributed by atoms with Gasteiger partial charge in [-0.05, 0) is 0 Å². The molecule has 2 heterocycles. The Morgan fingerprint density at radius 1 is 1.75 bits per heavy atom. The Labute approximate surface area is 93.0 Å². The van der Waals surface area contributed by atoms with Crippen molar-refractivity contribution in [2.24, 2.45) is 13.0 Å². The maximum atomic E-state index is 11.6. The number of amides is 2. The molecular formula is C10H14N4O2. The number of aromatic nitrogens is 2. The standard InChI is InChI=1S/C10H14N4O2/c1-14-6-7(4-13-14)3-12-10(16)8-2-9(15)11-5-8/h4,6,8H,2-3,5H2,1H3,(H,11,15)(H,12,16). The Morgan fingerprint density at radius 3 is 3.12 bits per heavy atom. The van der Waals surface area contributed by atoms with Gasteiger partial charge in [0, 0.05) is 38.3 Å². The molecule has 1 fully saturated rings. The van der Waals surface area contributed by atoms with Gasteiger partial charge in [0.05, 0.1) is 12.1 Å². The third kappa shape index (κ3) is 2.39. The fraction of sp³-hybridized carbons (Fsp3) is 0.500. The normalized spacial score (nSPS) is 19.6. The highest BCUT2D eigenvalue weighted by Gasteiger charge is 2.27. The molecule has 2 rings (SSSR count). The van der Waals surface area contributed by atoms with Crippen LogP contribution in [0.2, 0.25) is 0 Å². The molecule has 1 unspecified atom stereocenters. The van der Waals surface area contributed by atoms with Crippen molar-refractivity contribution in [1.29, 1.82) is 0 Å². The van der Waals surface area contributed by atoms with E-state index in [1.54, 1.807) is 10.9 Å². The first-order chi connectivity index (χ1) is 7.65. The molecule has 1 aromatic heterocycles. The highest BCUT2D eigenvalue weighted by Crippen LogP contribution is 2.08. The zero-order valence-electron chi connectivity index (χ0n) is 9.06. The summed E-state index contributed by atoms with van der Waals surface area (Å²) in [4.78, 5) is 22.6. The number of hydrogen-bond donors (Lipinski definition) is 2. The molecule has 0 radical (unpaired) electrons. The van der Waals surface area contributed by atoms with Crippen molar-refractivity contribution in [3.05, 3.63) is 18.0 Å². The number of hydrogen-bond acceptors (Lipinski definition) is 3. The Bertz CT molecular complexity index is 413. The van der Waals surface area contributed by atoms with Crippen LogP contribution in [0.1, 0.15) is 12.0 Å². The molecule has 1 saturated heterocycles. The van der Waals surface area contributed by atoms with E-state index in [0.29, 0.717) is 19.5 Å². The topological polar surface area (TPSA) is 76.0 Å². The summed E-state index contributed by atoms with van der Waals surface area (Å²) in [6.45, 7) is 0.898. The maximum Gasteiger partial charge on any atom is 0.225 e. The van der Waals surface area contributed by atoms with Crippen molar-refractivity contribution in [2.75, 3.05) is 6.54 Å². The largest absolute Gasteiger partial charge is 0.355 e. The number of nitrogens with zero attached hydrogens (tertiary/aromatic N) is 2. The Morgan fingerprint density at radius 2 is 2.56 bits per heavy atom. The van der Waals surface area contributed by atoms with Crippen molar-refractivity contribution < 1.29 is 9.59 Å². The second-order valence-corrected chi connectivity index (χ2v) is 3.95. The van der Waals surface area contributed by atoms with Crippen LogP contribution in [0.4, 0.5) is 0 Å². The van der Waals surface area contributed by atoms with Crippen LogP contribution in [-0.4, -0.2) is 28.1 Å². The number of rotatable bonds is 3. The van der Waals surface area contributed by atoms with E-state index in [4.69, 9.17) is 0 Å². The van der Waals surface area contributed by atoms with E-state index in [1.165, 1.54) is 0 Å². The molecule has 0 aliphatic carbocycles. The van der Waals surface area contributed by atoms with E-state index >= 15 is 0 Å². The van der Waals surface area contributed by atoms with Gasteiger partial charge < -0.3 is 10.6 Å².